The van der Waals surface area contributed by atoms with E-state index in [1.165, 1.54) is 6.33 Å². The molecule has 0 spiro atoms. The van der Waals surface area contributed by atoms with Crippen LogP contribution < -0.4 is 21.9 Å². The molecule has 2 aromatic rings. The number of benzene rings is 1. The van der Waals surface area contributed by atoms with Crippen molar-refractivity contribution in [1.29, 1.82) is 0 Å². The van der Waals surface area contributed by atoms with E-state index >= 15 is 0 Å². The third kappa shape index (κ3) is 4.36. The van der Waals surface area contributed by atoms with Gasteiger partial charge < -0.3 is 15.8 Å². The number of nitrogen functional groups attached to an aromatic ring is 1. The van der Waals surface area contributed by atoms with Gasteiger partial charge in [0.05, 0.1) is 6.10 Å². The van der Waals surface area contributed by atoms with E-state index in [2.05, 4.69) is 26.1 Å². The highest BCUT2D eigenvalue weighted by Gasteiger charge is 2.16. The molecule has 0 bridgehead atoms. The molecule has 8 nitrogen and oxygen atoms in total. The first-order valence-corrected chi connectivity index (χ1v) is 8.22. The molecule has 2 heterocycles. The van der Waals surface area contributed by atoms with E-state index in [1.807, 2.05) is 19.1 Å². The van der Waals surface area contributed by atoms with E-state index < -0.39 is 0 Å². The molecule has 8 heteroatoms. The standard InChI is InChI=1S/C17H22N6O2/c1-11-4-6-12(7-5-11)17(24)23-22-16-14(18)15(20-10-21-16)19-9-13-3-2-8-25-13/h4-7,10,13H,2-3,8-9,18H2,1H3,(H,23,24)(H2,19,20,21,22). The number of aryl methyl sites for hydroxylation is 1. The van der Waals surface area contributed by atoms with Crippen molar-refractivity contribution in [2.45, 2.75) is 25.9 Å². The summed E-state index contributed by atoms with van der Waals surface area (Å²) in [5.74, 6) is 0.578. The van der Waals surface area contributed by atoms with Crippen molar-refractivity contribution in [3.05, 3.63) is 41.7 Å². The van der Waals surface area contributed by atoms with Gasteiger partial charge in [-0.05, 0) is 31.9 Å². The lowest BCUT2D eigenvalue weighted by atomic mass is 10.1. The molecule has 1 fully saturated rings. The van der Waals surface area contributed by atoms with Gasteiger partial charge in [0, 0.05) is 18.7 Å². The summed E-state index contributed by atoms with van der Waals surface area (Å²) in [6.45, 7) is 3.40. The van der Waals surface area contributed by atoms with Gasteiger partial charge in [0.1, 0.15) is 12.0 Å². The maximum atomic E-state index is 12.1. The van der Waals surface area contributed by atoms with Gasteiger partial charge in [0.15, 0.2) is 11.6 Å². The second-order valence-electron chi connectivity index (χ2n) is 5.95. The summed E-state index contributed by atoms with van der Waals surface area (Å²) in [6, 6.07) is 7.26. The van der Waals surface area contributed by atoms with Crippen molar-refractivity contribution in [3.63, 3.8) is 0 Å². The number of carbonyl (C=O) groups is 1. The molecule has 1 atom stereocenters. The number of nitrogens with one attached hydrogen (secondary N) is 3. The minimum absolute atomic E-state index is 0.173. The molecular weight excluding hydrogens is 320 g/mol. The molecule has 25 heavy (non-hydrogen) atoms. The third-order valence-corrected chi connectivity index (χ3v) is 4.01. The van der Waals surface area contributed by atoms with Crippen molar-refractivity contribution >= 4 is 23.2 Å². The Kier molecular flexibility index (Phi) is 5.30. The molecule has 132 valence electrons. The lowest BCUT2D eigenvalue weighted by Crippen LogP contribution is -2.30. The van der Waals surface area contributed by atoms with Gasteiger partial charge in [-0.25, -0.2) is 9.97 Å². The molecule has 5 N–H and O–H groups in total. The number of hydrazine groups is 1. The molecule has 1 aliphatic rings. The monoisotopic (exact) mass is 342 g/mol. The van der Waals surface area contributed by atoms with E-state index in [0.29, 0.717) is 29.4 Å². The number of nitrogens with two attached hydrogens (primary N) is 1. The topological polar surface area (TPSA) is 114 Å². The Morgan fingerprint density at radius 2 is 2.04 bits per heavy atom. The van der Waals surface area contributed by atoms with Crippen LogP contribution in [0.2, 0.25) is 0 Å². The fourth-order valence-corrected chi connectivity index (χ4v) is 2.54. The lowest BCUT2D eigenvalue weighted by molar-refractivity contribution is 0.0962. The predicted octanol–water partition coefficient (Wildman–Crippen LogP) is 1.72. The largest absolute Gasteiger partial charge is 0.393 e. The van der Waals surface area contributed by atoms with Crippen molar-refractivity contribution in [2.75, 3.05) is 29.6 Å². The quantitative estimate of drug-likeness (QED) is 0.591. The van der Waals surface area contributed by atoms with Gasteiger partial charge in [0.25, 0.3) is 5.91 Å². The summed E-state index contributed by atoms with van der Waals surface area (Å²) >= 11 is 0. The van der Waals surface area contributed by atoms with Crippen LogP contribution in [0.5, 0.6) is 0 Å². The molecule has 1 aliphatic heterocycles. The van der Waals surface area contributed by atoms with Gasteiger partial charge in [-0.15, -0.1) is 0 Å². The fourth-order valence-electron chi connectivity index (χ4n) is 2.54. The zero-order chi connectivity index (χ0) is 17.6. The molecule has 1 aromatic carbocycles. The Hall–Kier alpha value is -2.87. The number of hydrogen-bond acceptors (Lipinski definition) is 7. The Morgan fingerprint density at radius 1 is 1.28 bits per heavy atom. The summed E-state index contributed by atoms with van der Waals surface area (Å²) < 4.78 is 5.56. The molecule has 0 radical (unpaired) electrons. The average molecular weight is 342 g/mol. The van der Waals surface area contributed by atoms with Crippen LogP contribution in [0.4, 0.5) is 17.3 Å². The molecule has 1 amide bonds. The zero-order valence-electron chi connectivity index (χ0n) is 14.1. The van der Waals surface area contributed by atoms with Gasteiger partial charge >= 0.3 is 0 Å². The van der Waals surface area contributed by atoms with Crippen LogP contribution in [0.1, 0.15) is 28.8 Å². The number of anilines is 3. The minimum Gasteiger partial charge on any atom is -0.393 e. The molecule has 1 saturated heterocycles. The van der Waals surface area contributed by atoms with Crippen molar-refractivity contribution < 1.29 is 9.53 Å². The molecule has 1 aromatic heterocycles. The summed E-state index contributed by atoms with van der Waals surface area (Å²) in [4.78, 5) is 20.3. The number of rotatable bonds is 6. The van der Waals surface area contributed by atoms with Crippen LogP contribution in [0.15, 0.2) is 30.6 Å². The van der Waals surface area contributed by atoms with E-state index in [1.54, 1.807) is 12.1 Å². The van der Waals surface area contributed by atoms with E-state index in [4.69, 9.17) is 10.5 Å². The second kappa shape index (κ2) is 7.80. The second-order valence-corrected chi connectivity index (χ2v) is 5.95. The van der Waals surface area contributed by atoms with E-state index in [-0.39, 0.29) is 12.0 Å². The Bertz CT molecular complexity index is 728. The number of ether oxygens (including phenoxy) is 1. The molecular formula is C17H22N6O2. The lowest BCUT2D eigenvalue weighted by Gasteiger charge is -2.15. The summed E-state index contributed by atoms with van der Waals surface area (Å²) in [5, 5.41) is 3.17. The first-order valence-electron chi connectivity index (χ1n) is 8.22. The van der Waals surface area contributed by atoms with Gasteiger partial charge in [-0.3, -0.25) is 15.6 Å². The van der Waals surface area contributed by atoms with Gasteiger partial charge in [-0.1, -0.05) is 17.7 Å². The fraction of sp³-hybridized carbons (Fsp3) is 0.353. The van der Waals surface area contributed by atoms with E-state index in [0.717, 1.165) is 25.0 Å². The van der Waals surface area contributed by atoms with Crippen molar-refractivity contribution in [2.24, 2.45) is 0 Å². The summed E-state index contributed by atoms with van der Waals surface area (Å²) in [7, 11) is 0. The number of amides is 1. The average Bonchev–Trinajstić information content (AvgIpc) is 3.14. The molecule has 0 aliphatic carbocycles. The number of aromatic nitrogens is 2. The highest BCUT2D eigenvalue weighted by molar-refractivity contribution is 5.95. The summed E-state index contributed by atoms with van der Waals surface area (Å²) in [5.41, 5.74) is 13.4. The number of nitrogens with zero attached hydrogens (tertiary/aromatic N) is 2. The maximum absolute atomic E-state index is 12.1. The van der Waals surface area contributed by atoms with Crippen LogP contribution in [0.25, 0.3) is 0 Å². The first-order chi connectivity index (χ1) is 12.1. The van der Waals surface area contributed by atoms with Crippen molar-refractivity contribution in [3.8, 4) is 0 Å². The van der Waals surface area contributed by atoms with Crippen LogP contribution >= 0.6 is 0 Å². The first kappa shape index (κ1) is 17.0. The SMILES string of the molecule is Cc1ccc(C(=O)NNc2ncnc(NCC3CCCO3)c2N)cc1. The maximum Gasteiger partial charge on any atom is 0.269 e. The van der Waals surface area contributed by atoms with Crippen LogP contribution in [-0.2, 0) is 4.74 Å². The van der Waals surface area contributed by atoms with Gasteiger partial charge in [-0.2, -0.15) is 0 Å². The number of hydrogen-bond donors (Lipinski definition) is 4. The Labute approximate surface area is 146 Å². The Balaban J connectivity index is 1.59. The zero-order valence-corrected chi connectivity index (χ0v) is 14.1. The van der Waals surface area contributed by atoms with Crippen LogP contribution in [-0.4, -0.2) is 35.1 Å². The normalized spacial score (nSPS) is 16.4. The molecule has 0 saturated carbocycles. The van der Waals surface area contributed by atoms with Crippen LogP contribution in [0.3, 0.4) is 0 Å². The predicted molar refractivity (Wildman–Crippen MR) is 96.2 cm³/mol. The highest BCUT2D eigenvalue weighted by Crippen LogP contribution is 2.22. The summed E-state index contributed by atoms with van der Waals surface area (Å²) in [6.07, 6.45) is 3.65. The highest BCUT2D eigenvalue weighted by atomic mass is 16.5. The minimum atomic E-state index is -0.271. The molecule has 1 unspecified atom stereocenters. The van der Waals surface area contributed by atoms with Crippen molar-refractivity contribution in [1.82, 2.24) is 15.4 Å². The van der Waals surface area contributed by atoms with Crippen LogP contribution in [0, 0.1) is 6.92 Å². The van der Waals surface area contributed by atoms with Gasteiger partial charge in [0.2, 0.25) is 0 Å². The van der Waals surface area contributed by atoms with E-state index in [9.17, 15) is 4.79 Å². The Morgan fingerprint density at radius 3 is 2.76 bits per heavy atom. The third-order valence-electron chi connectivity index (χ3n) is 4.01. The molecule has 3 rings (SSSR count). The smallest absolute Gasteiger partial charge is 0.269 e. The number of carbonyl (C=O) groups excluding carboxylic acids is 1.